The molecule has 6 nitrogen and oxygen atoms in total. The van der Waals surface area contributed by atoms with Gasteiger partial charge in [-0.2, -0.15) is 5.10 Å². The van der Waals surface area contributed by atoms with E-state index in [0.29, 0.717) is 18.0 Å². The van der Waals surface area contributed by atoms with Gasteiger partial charge in [0.05, 0.1) is 33.3 Å². The number of amides is 1. The van der Waals surface area contributed by atoms with Crippen molar-refractivity contribution >= 4 is 53.1 Å². The van der Waals surface area contributed by atoms with Crippen LogP contribution in [0.25, 0.3) is 21.6 Å². The van der Waals surface area contributed by atoms with E-state index in [1.54, 1.807) is 17.5 Å². The molecule has 0 saturated heterocycles. The number of nitrogens with one attached hydrogen (secondary N) is 1. The molecule has 0 aromatic carbocycles. The Bertz CT molecular complexity index is 984. The van der Waals surface area contributed by atoms with Crippen molar-refractivity contribution in [3.8, 4) is 10.6 Å². The van der Waals surface area contributed by atoms with Gasteiger partial charge in [0.25, 0.3) is 5.91 Å². The quantitative estimate of drug-likeness (QED) is 0.574. The minimum atomic E-state index is -0.371. The van der Waals surface area contributed by atoms with Crippen LogP contribution in [0.15, 0.2) is 29.8 Å². The standard InChI is InChI=1S/C20H25N5OS.2ClH/c1-12(2)25-18-15(10-22-25)14(9-16(23-18)17-5-4-8-27-17)19(26)24-20(3,11-21)13-6-7-13;;/h4-5,8-10,12-13H,6-7,11,21H2,1-3H3,(H,24,26);2*1H. The predicted octanol–water partition coefficient (Wildman–Crippen LogP) is 4.44. The summed E-state index contributed by atoms with van der Waals surface area (Å²) in [6.45, 7) is 6.59. The number of fused-ring (bicyclic) bond motifs is 1. The molecule has 9 heteroatoms. The lowest BCUT2D eigenvalue weighted by Gasteiger charge is -2.29. The van der Waals surface area contributed by atoms with Crippen molar-refractivity contribution in [1.29, 1.82) is 0 Å². The van der Waals surface area contributed by atoms with E-state index < -0.39 is 0 Å². The molecule has 0 bridgehead atoms. The maximum Gasteiger partial charge on any atom is 0.252 e. The number of nitrogens with zero attached hydrogens (tertiary/aromatic N) is 3. The number of carbonyl (C=O) groups excluding carboxylic acids is 1. The number of carbonyl (C=O) groups is 1. The summed E-state index contributed by atoms with van der Waals surface area (Å²) in [6, 6.07) is 6.04. The van der Waals surface area contributed by atoms with Crippen LogP contribution in [0.2, 0.25) is 0 Å². The van der Waals surface area contributed by atoms with Crippen molar-refractivity contribution in [1.82, 2.24) is 20.1 Å². The van der Waals surface area contributed by atoms with Crippen molar-refractivity contribution < 1.29 is 4.79 Å². The molecule has 1 unspecified atom stereocenters. The van der Waals surface area contributed by atoms with Crippen molar-refractivity contribution in [2.75, 3.05) is 6.54 Å². The highest BCUT2D eigenvalue weighted by Gasteiger charge is 2.42. The second-order valence-electron chi connectivity index (χ2n) is 7.80. The largest absolute Gasteiger partial charge is 0.345 e. The van der Waals surface area contributed by atoms with Crippen molar-refractivity contribution in [2.24, 2.45) is 11.7 Å². The highest BCUT2D eigenvalue weighted by Crippen LogP contribution is 2.39. The third-order valence-corrected chi connectivity index (χ3v) is 6.27. The van der Waals surface area contributed by atoms with E-state index in [9.17, 15) is 4.79 Å². The van der Waals surface area contributed by atoms with E-state index in [-0.39, 0.29) is 42.3 Å². The Morgan fingerprint density at radius 3 is 2.69 bits per heavy atom. The van der Waals surface area contributed by atoms with Gasteiger partial charge in [-0.1, -0.05) is 6.07 Å². The highest BCUT2D eigenvalue weighted by atomic mass is 35.5. The zero-order valence-electron chi connectivity index (χ0n) is 16.7. The molecule has 3 aromatic rings. The molecule has 158 valence electrons. The summed E-state index contributed by atoms with van der Waals surface area (Å²) in [5, 5.41) is 10.5. The van der Waals surface area contributed by atoms with Crippen molar-refractivity contribution in [2.45, 2.75) is 45.2 Å². The fraction of sp³-hybridized carbons (Fsp3) is 0.450. The molecule has 3 heterocycles. The SMILES string of the molecule is CC(C)n1ncc2c(C(=O)NC(C)(CN)C3CC3)cc(-c3cccs3)nc21.Cl.Cl. The second kappa shape index (κ2) is 9.00. The molecule has 3 aromatic heterocycles. The second-order valence-corrected chi connectivity index (χ2v) is 8.75. The smallest absolute Gasteiger partial charge is 0.252 e. The van der Waals surface area contributed by atoms with E-state index in [0.717, 1.165) is 34.4 Å². The van der Waals surface area contributed by atoms with Gasteiger partial charge in [-0.05, 0) is 57.0 Å². The molecule has 1 saturated carbocycles. The van der Waals surface area contributed by atoms with E-state index >= 15 is 0 Å². The first-order valence-corrected chi connectivity index (χ1v) is 10.3. The molecule has 1 fully saturated rings. The minimum Gasteiger partial charge on any atom is -0.345 e. The van der Waals surface area contributed by atoms with Crippen LogP contribution in [0.5, 0.6) is 0 Å². The Morgan fingerprint density at radius 2 is 2.14 bits per heavy atom. The third-order valence-electron chi connectivity index (χ3n) is 5.38. The summed E-state index contributed by atoms with van der Waals surface area (Å²) in [4.78, 5) is 19.1. The number of thiophene rings is 1. The van der Waals surface area contributed by atoms with E-state index in [4.69, 9.17) is 10.7 Å². The normalized spacial score (nSPS) is 15.5. The Balaban J connectivity index is 0.00000150. The van der Waals surface area contributed by atoms with Crippen LogP contribution in [0.1, 0.15) is 50.0 Å². The van der Waals surface area contributed by atoms with Gasteiger partial charge in [0.1, 0.15) is 0 Å². The number of aromatic nitrogens is 3. The monoisotopic (exact) mass is 455 g/mol. The number of hydrogen-bond acceptors (Lipinski definition) is 5. The number of halogens is 2. The summed E-state index contributed by atoms with van der Waals surface area (Å²) in [5.74, 6) is 0.349. The molecule has 1 aliphatic carbocycles. The minimum absolute atomic E-state index is 0. The summed E-state index contributed by atoms with van der Waals surface area (Å²) < 4.78 is 1.87. The zero-order valence-corrected chi connectivity index (χ0v) is 19.2. The van der Waals surface area contributed by atoms with Gasteiger partial charge in [-0.3, -0.25) is 4.79 Å². The molecule has 4 rings (SSSR count). The summed E-state index contributed by atoms with van der Waals surface area (Å²) in [7, 11) is 0. The number of rotatable bonds is 6. The Hall–Kier alpha value is -1.67. The lowest BCUT2D eigenvalue weighted by molar-refractivity contribution is 0.0899. The first-order chi connectivity index (χ1) is 12.9. The molecule has 29 heavy (non-hydrogen) atoms. The van der Waals surface area contributed by atoms with Gasteiger partial charge in [0.2, 0.25) is 0 Å². The molecule has 0 radical (unpaired) electrons. The molecule has 3 N–H and O–H groups in total. The molecule has 0 aliphatic heterocycles. The first-order valence-electron chi connectivity index (χ1n) is 9.37. The van der Waals surface area contributed by atoms with Crippen LogP contribution in [0, 0.1) is 5.92 Å². The third kappa shape index (κ3) is 4.43. The van der Waals surface area contributed by atoms with E-state index in [2.05, 4.69) is 24.3 Å². The van der Waals surface area contributed by atoms with Gasteiger partial charge < -0.3 is 11.1 Å². The van der Waals surface area contributed by atoms with Crippen LogP contribution < -0.4 is 11.1 Å². The topological polar surface area (TPSA) is 85.8 Å². The summed E-state index contributed by atoms with van der Waals surface area (Å²) in [5.41, 5.74) is 7.77. The maximum absolute atomic E-state index is 13.2. The number of pyridine rings is 1. The fourth-order valence-electron chi connectivity index (χ4n) is 3.50. The van der Waals surface area contributed by atoms with Gasteiger partial charge >= 0.3 is 0 Å². The summed E-state index contributed by atoms with van der Waals surface area (Å²) in [6.07, 6.45) is 3.98. The average Bonchev–Trinajstić information content (AvgIpc) is 3.20. The van der Waals surface area contributed by atoms with Crippen LogP contribution in [-0.4, -0.2) is 32.8 Å². The summed E-state index contributed by atoms with van der Waals surface area (Å²) >= 11 is 1.61. The lowest BCUT2D eigenvalue weighted by Crippen LogP contribution is -2.53. The Kier molecular flexibility index (Phi) is 7.32. The molecular formula is C20H27Cl2N5OS. The van der Waals surface area contributed by atoms with Crippen LogP contribution in [0.3, 0.4) is 0 Å². The van der Waals surface area contributed by atoms with E-state index in [1.807, 2.05) is 35.2 Å². The van der Waals surface area contributed by atoms with Gasteiger partial charge in [0.15, 0.2) is 5.65 Å². The Morgan fingerprint density at radius 1 is 1.41 bits per heavy atom. The average molecular weight is 456 g/mol. The number of nitrogens with two attached hydrogens (primary N) is 1. The van der Waals surface area contributed by atoms with Crippen molar-refractivity contribution in [3.63, 3.8) is 0 Å². The lowest BCUT2D eigenvalue weighted by atomic mass is 9.95. The van der Waals surface area contributed by atoms with Gasteiger partial charge in [-0.15, -0.1) is 36.2 Å². The van der Waals surface area contributed by atoms with E-state index in [1.165, 1.54) is 0 Å². The molecular weight excluding hydrogens is 429 g/mol. The zero-order chi connectivity index (χ0) is 19.2. The molecule has 1 amide bonds. The molecule has 1 atom stereocenters. The van der Waals surface area contributed by atoms with Crippen LogP contribution in [-0.2, 0) is 0 Å². The van der Waals surface area contributed by atoms with Gasteiger partial charge in [-0.25, -0.2) is 9.67 Å². The Labute approximate surface area is 187 Å². The van der Waals surface area contributed by atoms with Crippen molar-refractivity contribution in [3.05, 3.63) is 35.3 Å². The molecule has 0 spiro atoms. The highest BCUT2D eigenvalue weighted by molar-refractivity contribution is 7.13. The van der Waals surface area contributed by atoms with Crippen LogP contribution in [0.4, 0.5) is 0 Å². The maximum atomic E-state index is 13.2. The first kappa shape index (κ1) is 23.6. The van der Waals surface area contributed by atoms with Crippen LogP contribution >= 0.6 is 36.2 Å². The molecule has 1 aliphatic rings. The fourth-order valence-corrected chi connectivity index (χ4v) is 4.19. The predicted molar refractivity (Wildman–Crippen MR) is 123 cm³/mol. The number of hydrogen-bond donors (Lipinski definition) is 2. The van der Waals surface area contributed by atoms with Gasteiger partial charge in [0, 0.05) is 12.6 Å².